The molecule has 1 amide bonds. The van der Waals surface area contributed by atoms with Gasteiger partial charge in [-0.3, -0.25) is 14.9 Å². The van der Waals surface area contributed by atoms with Gasteiger partial charge in [-0.15, -0.1) is 4.68 Å². The van der Waals surface area contributed by atoms with Crippen LogP contribution < -0.4 is 10.2 Å². The van der Waals surface area contributed by atoms with Crippen LogP contribution in [0.3, 0.4) is 0 Å². The van der Waals surface area contributed by atoms with E-state index in [0.717, 1.165) is 22.1 Å². The van der Waals surface area contributed by atoms with Gasteiger partial charge >= 0.3 is 6.09 Å². The number of carbonyl (C=O) groups is 2. The van der Waals surface area contributed by atoms with Crippen molar-refractivity contribution in [2.24, 2.45) is 0 Å². The number of ether oxygens (including phenoxy) is 1. The molecule has 3 aromatic rings. The Morgan fingerprint density at radius 1 is 1.09 bits per heavy atom. The highest BCUT2D eigenvalue weighted by atomic mass is 32.2. The molecule has 1 saturated heterocycles. The largest absolute Gasteiger partial charge is 0.448 e. The lowest BCUT2D eigenvalue weighted by molar-refractivity contribution is -0.385. The maximum Gasteiger partial charge on any atom is 0.436 e. The van der Waals surface area contributed by atoms with E-state index in [2.05, 4.69) is 15.3 Å². The van der Waals surface area contributed by atoms with Crippen LogP contribution in [0.25, 0.3) is 0 Å². The number of rotatable bonds is 7. The second kappa shape index (κ2) is 11.8. The first-order valence-corrected chi connectivity index (χ1v) is 15.4. The summed E-state index contributed by atoms with van der Waals surface area (Å²) in [6, 6.07) is 6.11. The molecular weight excluding hydrogens is 616 g/mol. The lowest BCUT2D eigenvalue weighted by Crippen LogP contribution is -2.44. The number of anilines is 2. The zero-order valence-electron chi connectivity index (χ0n) is 24.9. The van der Waals surface area contributed by atoms with E-state index >= 15 is 0 Å². The number of benzene rings is 2. The van der Waals surface area contributed by atoms with Crippen molar-refractivity contribution in [2.45, 2.75) is 37.8 Å². The van der Waals surface area contributed by atoms with Gasteiger partial charge in [0, 0.05) is 56.1 Å². The number of nitro benzene ring substituents is 1. The average Bonchev–Trinajstić information content (AvgIpc) is 3.47. The molecule has 1 fully saturated rings. The van der Waals surface area contributed by atoms with E-state index in [0.29, 0.717) is 37.0 Å². The number of fused-ring (bicyclic) bond motifs is 1. The molecule has 0 unspecified atom stereocenters. The Labute approximate surface area is 257 Å². The van der Waals surface area contributed by atoms with Crippen LogP contribution in [0.4, 0.5) is 30.8 Å². The maximum absolute atomic E-state index is 14.0. The van der Waals surface area contributed by atoms with Gasteiger partial charge in [0.15, 0.2) is 0 Å². The zero-order valence-corrected chi connectivity index (χ0v) is 25.7. The number of carbonyl (C=O) groups excluding carboxylic acids is 2. The van der Waals surface area contributed by atoms with Gasteiger partial charge in [-0.2, -0.15) is 9.40 Å². The summed E-state index contributed by atoms with van der Waals surface area (Å²) < 4.78 is 61.9. The molecule has 1 N–H and O–H groups in total. The highest BCUT2D eigenvalue weighted by Crippen LogP contribution is 2.45. The first-order valence-electron chi connectivity index (χ1n) is 14.0. The topological polar surface area (TPSA) is 160 Å². The van der Waals surface area contributed by atoms with Gasteiger partial charge in [0.05, 0.1) is 27.7 Å². The molecule has 0 spiro atoms. The summed E-state index contributed by atoms with van der Waals surface area (Å²) in [5.41, 5.74) is -1.52. The molecule has 5 rings (SSSR count). The number of nitrogens with zero attached hydrogens (tertiary/aromatic N) is 6. The lowest BCUT2D eigenvalue weighted by atomic mass is 10.0. The van der Waals surface area contributed by atoms with Crippen LogP contribution >= 0.6 is 0 Å². The van der Waals surface area contributed by atoms with Crippen molar-refractivity contribution in [1.29, 1.82) is 0 Å². The van der Waals surface area contributed by atoms with Crippen LogP contribution in [-0.4, -0.2) is 84.2 Å². The monoisotopic (exact) mass is 647 g/mol. The minimum Gasteiger partial charge on any atom is -0.448 e. The van der Waals surface area contributed by atoms with Crippen molar-refractivity contribution < 1.29 is 36.4 Å². The zero-order chi connectivity index (χ0) is 32.8. The molecule has 0 aliphatic carbocycles. The molecule has 0 atom stereocenters. The summed E-state index contributed by atoms with van der Waals surface area (Å²) in [4.78, 5) is 41.3. The van der Waals surface area contributed by atoms with Gasteiger partial charge in [-0.25, -0.2) is 22.0 Å². The summed E-state index contributed by atoms with van der Waals surface area (Å²) in [7, 11) is -2.55. The lowest BCUT2D eigenvalue weighted by Gasteiger charge is -2.34. The fourth-order valence-electron chi connectivity index (χ4n) is 5.49. The smallest absolute Gasteiger partial charge is 0.436 e. The third-order valence-electron chi connectivity index (χ3n) is 7.88. The van der Waals surface area contributed by atoms with Gasteiger partial charge in [0.1, 0.15) is 23.0 Å². The fraction of sp³-hybridized carbons (Fsp3) is 0.393. The van der Waals surface area contributed by atoms with E-state index in [9.17, 15) is 36.9 Å². The third-order valence-corrected chi connectivity index (χ3v) is 9.87. The fourth-order valence-corrected chi connectivity index (χ4v) is 7.25. The number of nitrogens with one attached hydrogen (secondary N) is 1. The number of piperazine rings is 1. The van der Waals surface area contributed by atoms with E-state index < -0.39 is 61.2 Å². The Hall–Kier alpha value is -4.48. The number of hydrogen-bond donors (Lipinski definition) is 1. The predicted molar refractivity (Wildman–Crippen MR) is 158 cm³/mol. The van der Waals surface area contributed by atoms with Gasteiger partial charge < -0.3 is 19.9 Å². The number of aromatic nitrogens is 2. The molecule has 0 radical (unpaired) electrons. The normalized spacial score (nSPS) is 16.8. The van der Waals surface area contributed by atoms with E-state index in [1.54, 1.807) is 13.0 Å². The molecule has 2 aliphatic heterocycles. The van der Waals surface area contributed by atoms with Crippen molar-refractivity contribution in [3.05, 3.63) is 75.0 Å². The van der Waals surface area contributed by atoms with Gasteiger partial charge in [0.25, 0.3) is 11.6 Å². The highest BCUT2D eigenvalue weighted by molar-refractivity contribution is 7.89. The molecule has 0 saturated carbocycles. The quantitative estimate of drug-likeness (QED) is 0.297. The van der Waals surface area contributed by atoms with E-state index in [4.69, 9.17) is 4.74 Å². The maximum atomic E-state index is 14.0. The first kappa shape index (κ1) is 31.9. The predicted octanol–water partition coefficient (Wildman–Crippen LogP) is 3.52. The number of sulfonamides is 1. The SMILES string of the molecule is CCOC(=O)n1nc2c(c1NC(=O)c1ccc(N3CCN(C)CC3)cc1[N+](=O)[O-])CN(S(=O)(=O)c1cc(F)cc(F)c1)C2(C)C. The van der Waals surface area contributed by atoms with Gasteiger partial charge in [0.2, 0.25) is 10.0 Å². The Morgan fingerprint density at radius 2 is 1.73 bits per heavy atom. The summed E-state index contributed by atoms with van der Waals surface area (Å²) in [5.74, 6) is -3.40. The first-order chi connectivity index (χ1) is 21.1. The highest BCUT2D eigenvalue weighted by Gasteiger charge is 2.49. The second-order valence-corrected chi connectivity index (χ2v) is 13.0. The van der Waals surface area contributed by atoms with Crippen LogP contribution in [0.2, 0.25) is 0 Å². The molecule has 45 heavy (non-hydrogen) atoms. The third kappa shape index (κ3) is 5.85. The molecule has 17 heteroatoms. The molecule has 240 valence electrons. The Morgan fingerprint density at radius 3 is 2.33 bits per heavy atom. The molecule has 2 aromatic carbocycles. The summed E-state index contributed by atoms with van der Waals surface area (Å²) in [6.07, 6.45) is -0.987. The molecule has 2 aliphatic rings. The number of amides is 1. The van der Waals surface area contributed by atoms with Crippen LogP contribution in [-0.2, 0) is 26.8 Å². The van der Waals surface area contributed by atoms with Crippen molar-refractivity contribution in [3.8, 4) is 0 Å². The second-order valence-electron chi connectivity index (χ2n) is 11.2. The number of likely N-dealkylation sites (N-methyl/N-ethyl adjacent to an activating group) is 1. The van der Waals surface area contributed by atoms with Crippen LogP contribution in [0.1, 0.15) is 42.4 Å². The van der Waals surface area contributed by atoms with E-state index in [1.165, 1.54) is 26.0 Å². The number of nitro groups is 1. The van der Waals surface area contributed by atoms with Crippen molar-refractivity contribution >= 4 is 39.2 Å². The molecular formula is C28H31F2N7O7S. The number of hydrogen-bond acceptors (Lipinski definition) is 10. The van der Waals surface area contributed by atoms with Crippen LogP contribution in [0.5, 0.6) is 0 Å². The Bertz CT molecular complexity index is 1780. The Balaban J connectivity index is 1.53. The van der Waals surface area contributed by atoms with Gasteiger partial charge in [-0.1, -0.05) is 0 Å². The van der Waals surface area contributed by atoms with E-state index in [1.807, 2.05) is 11.9 Å². The van der Waals surface area contributed by atoms with Crippen molar-refractivity contribution in [3.63, 3.8) is 0 Å². The average molecular weight is 648 g/mol. The molecule has 3 heterocycles. The van der Waals surface area contributed by atoms with Crippen LogP contribution in [0.15, 0.2) is 41.3 Å². The summed E-state index contributed by atoms with van der Waals surface area (Å²) in [5, 5.41) is 18.8. The van der Waals surface area contributed by atoms with Crippen molar-refractivity contribution in [2.75, 3.05) is 50.1 Å². The summed E-state index contributed by atoms with van der Waals surface area (Å²) >= 11 is 0. The van der Waals surface area contributed by atoms with E-state index in [-0.39, 0.29) is 29.2 Å². The van der Waals surface area contributed by atoms with Crippen LogP contribution in [0, 0.1) is 21.7 Å². The molecule has 0 bridgehead atoms. The molecule has 1 aromatic heterocycles. The van der Waals surface area contributed by atoms with Crippen molar-refractivity contribution in [1.82, 2.24) is 19.0 Å². The van der Waals surface area contributed by atoms with Gasteiger partial charge in [-0.05, 0) is 52.1 Å². The minimum atomic E-state index is -4.53. The number of halogens is 2. The standard InChI is InChI=1S/C28H31F2N7O7S/c1-5-44-27(39)36-25(31-26(38)21-7-6-19(15-23(21)37(40)41)34-10-8-33(4)9-11-34)22-16-35(28(2,3)24(22)32-36)45(42,43)20-13-17(29)12-18(30)14-20/h6-7,12-15H,5,8-11,16H2,1-4H3,(H,31,38). The minimum absolute atomic E-state index is 0.0506. The summed E-state index contributed by atoms with van der Waals surface area (Å²) in [6.45, 7) is 6.79. The Kier molecular flexibility index (Phi) is 8.37. The molecule has 14 nitrogen and oxygen atoms in total.